The van der Waals surface area contributed by atoms with Gasteiger partial charge in [0.2, 0.25) is 0 Å². The summed E-state index contributed by atoms with van der Waals surface area (Å²) in [4.78, 5) is 4.25. The van der Waals surface area contributed by atoms with E-state index >= 15 is 0 Å². The van der Waals surface area contributed by atoms with Crippen LogP contribution in [0.3, 0.4) is 0 Å². The number of nitrogens with one attached hydrogen (secondary N) is 1. The zero-order valence-electron chi connectivity index (χ0n) is 10.2. The van der Waals surface area contributed by atoms with Gasteiger partial charge in [0, 0.05) is 18.3 Å². The third-order valence-electron chi connectivity index (χ3n) is 2.63. The van der Waals surface area contributed by atoms with Gasteiger partial charge < -0.3 is 10.1 Å². The van der Waals surface area contributed by atoms with Crippen LogP contribution in [0.5, 0.6) is 5.75 Å². The number of aromatic nitrogens is 1. The number of hydrogen-bond donors (Lipinski definition) is 1. The Balaban J connectivity index is 2.72. The molecule has 0 aliphatic heterocycles. The van der Waals surface area contributed by atoms with Gasteiger partial charge in [-0.05, 0) is 18.4 Å². The molecule has 0 saturated carbocycles. The first-order valence-electron chi connectivity index (χ1n) is 5.20. The zero-order chi connectivity index (χ0) is 11.5. The Bertz CT molecular complexity index is 318. The summed E-state index contributed by atoms with van der Waals surface area (Å²) in [5.41, 5.74) is 0.213. The maximum atomic E-state index is 5.14. The summed E-state index contributed by atoms with van der Waals surface area (Å²) in [7, 11) is 1.66. The standard InChI is InChI=1S/C12H20N2O/c1-9(12(2,3)4)14-11-8-10(15-5)6-7-13-11/h6-9H,1-5H3,(H,13,14). The molecule has 0 amide bonds. The van der Waals surface area contributed by atoms with Crippen molar-refractivity contribution in [1.29, 1.82) is 0 Å². The summed E-state index contributed by atoms with van der Waals surface area (Å²) in [5.74, 6) is 1.69. The Morgan fingerprint density at radius 1 is 1.40 bits per heavy atom. The van der Waals surface area contributed by atoms with Crippen molar-refractivity contribution in [2.45, 2.75) is 33.7 Å². The second kappa shape index (κ2) is 4.51. The summed E-state index contributed by atoms with van der Waals surface area (Å²) in [6, 6.07) is 4.10. The summed E-state index contributed by atoms with van der Waals surface area (Å²) < 4.78 is 5.14. The highest BCUT2D eigenvalue weighted by Gasteiger charge is 2.19. The van der Waals surface area contributed by atoms with Gasteiger partial charge in [0.05, 0.1) is 7.11 Å². The minimum atomic E-state index is 0.213. The third-order valence-corrected chi connectivity index (χ3v) is 2.63. The zero-order valence-corrected chi connectivity index (χ0v) is 10.2. The molecule has 15 heavy (non-hydrogen) atoms. The SMILES string of the molecule is COc1ccnc(NC(C)C(C)(C)C)c1. The number of methoxy groups -OCH3 is 1. The van der Waals surface area contributed by atoms with E-state index in [9.17, 15) is 0 Å². The van der Waals surface area contributed by atoms with Crippen LogP contribution in [-0.2, 0) is 0 Å². The third kappa shape index (κ3) is 3.42. The Kier molecular flexibility index (Phi) is 3.56. The fourth-order valence-electron chi connectivity index (χ4n) is 1.06. The average Bonchev–Trinajstić information content (AvgIpc) is 2.16. The highest BCUT2D eigenvalue weighted by Crippen LogP contribution is 2.23. The molecule has 1 atom stereocenters. The Hall–Kier alpha value is -1.25. The number of ether oxygens (including phenoxy) is 1. The highest BCUT2D eigenvalue weighted by molar-refractivity contribution is 5.41. The highest BCUT2D eigenvalue weighted by atomic mass is 16.5. The first kappa shape index (κ1) is 11.8. The number of hydrogen-bond acceptors (Lipinski definition) is 3. The van der Waals surface area contributed by atoms with Crippen molar-refractivity contribution in [3.05, 3.63) is 18.3 Å². The second-order valence-corrected chi connectivity index (χ2v) is 4.81. The van der Waals surface area contributed by atoms with Crippen LogP contribution < -0.4 is 10.1 Å². The molecule has 0 bridgehead atoms. The lowest BCUT2D eigenvalue weighted by Crippen LogP contribution is -2.31. The molecule has 0 saturated heterocycles. The van der Waals surface area contributed by atoms with E-state index < -0.39 is 0 Å². The van der Waals surface area contributed by atoms with Gasteiger partial charge in [0.1, 0.15) is 11.6 Å². The molecule has 0 aliphatic carbocycles. The van der Waals surface area contributed by atoms with Gasteiger partial charge in [-0.3, -0.25) is 0 Å². The van der Waals surface area contributed by atoms with Crippen molar-refractivity contribution in [3.63, 3.8) is 0 Å². The molecule has 84 valence electrons. The predicted octanol–water partition coefficient (Wildman–Crippen LogP) is 2.94. The van der Waals surface area contributed by atoms with Crippen molar-refractivity contribution in [2.24, 2.45) is 5.41 Å². The van der Waals surface area contributed by atoms with Crippen molar-refractivity contribution >= 4 is 5.82 Å². The molecular weight excluding hydrogens is 188 g/mol. The van der Waals surface area contributed by atoms with Gasteiger partial charge in [-0.25, -0.2) is 4.98 Å². The van der Waals surface area contributed by atoms with E-state index in [1.165, 1.54) is 0 Å². The van der Waals surface area contributed by atoms with Gasteiger partial charge in [-0.15, -0.1) is 0 Å². The summed E-state index contributed by atoms with van der Waals surface area (Å²) >= 11 is 0. The van der Waals surface area contributed by atoms with E-state index in [0.717, 1.165) is 11.6 Å². The van der Waals surface area contributed by atoms with E-state index in [-0.39, 0.29) is 5.41 Å². The molecular formula is C12H20N2O. The van der Waals surface area contributed by atoms with Crippen molar-refractivity contribution < 1.29 is 4.74 Å². The van der Waals surface area contributed by atoms with E-state index in [0.29, 0.717) is 6.04 Å². The molecule has 1 rings (SSSR count). The first-order valence-corrected chi connectivity index (χ1v) is 5.20. The maximum Gasteiger partial charge on any atom is 0.129 e. The lowest BCUT2D eigenvalue weighted by molar-refractivity contribution is 0.358. The minimum Gasteiger partial charge on any atom is -0.497 e. The number of rotatable bonds is 3. The monoisotopic (exact) mass is 208 g/mol. The van der Waals surface area contributed by atoms with Gasteiger partial charge in [-0.1, -0.05) is 20.8 Å². The normalized spacial score (nSPS) is 13.4. The molecule has 0 aromatic carbocycles. The van der Waals surface area contributed by atoms with Crippen LogP contribution in [0.2, 0.25) is 0 Å². The van der Waals surface area contributed by atoms with Crippen LogP contribution in [0.4, 0.5) is 5.82 Å². The van der Waals surface area contributed by atoms with Gasteiger partial charge in [0.25, 0.3) is 0 Å². The van der Waals surface area contributed by atoms with Crippen molar-refractivity contribution in [2.75, 3.05) is 12.4 Å². The molecule has 0 aliphatic rings. The van der Waals surface area contributed by atoms with Crippen LogP contribution in [-0.4, -0.2) is 18.1 Å². The second-order valence-electron chi connectivity index (χ2n) is 4.81. The topological polar surface area (TPSA) is 34.1 Å². The molecule has 3 heteroatoms. The Morgan fingerprint density at radius 2 is 2.07 bits per heavy atom. The van der Waals surface area contributed by atoms with E-state index in [1.54, 1.807) is 13.3 Å². The largest absolute Gasteiger partial charge is 0.497 e. The molecule has 1 aromatic rings. The van der Waals surface area contributed by atoms with Crippen LogP contribution in [0.15, 0.2) is 18.3 Å². The number of pyridine rings is 1. The van der Waals surface area contributed by atoms with Crippen molar-refractivity contribution in [1.82, 2.24) is 4.98 Å². The van der Waals surface area contributed by atoms with E-state index in [1.807, 2.05) is 12.1 Å². The van der Waals surface area contributed by atoms with Crippen LogP contribution >= 0.6 is 0 Å². The van der Waals surface area contributed by atoms with Gasteiger partial charge >= 0.3 is 0 Å². The first-order chi connectivity index (χ1) is 6.93. The van der Waals surface area contributed by atoms with Crippen LogP contribution in [0.1, 0.15) is 27.7 Å². The average molecular weight is 208 g/mol. The van der Waals surface area contributed by atoms with Crippen LogP contribution in [0.25, 0.3) is 0 Å². The van der Waals surface area contributed by atoms with E-state index in [2.05, 4.69) is 38.0 Å². The Labute approximate surface area is 91.9 Å². The quantitative estimate of drug-likeness (QED) is 0.829. The molecule has 3 nitrogen and oxygen atoms in total. The molecule has 1 aromatic heterocycles. The number of nitrogens with zero attached hydrogens (tertiary/aromatic N) is 1. The number of anilines is 1. The summed E-state index contributed by atoms with van der Waals surface area (Å²) in [6.07, 6.45) is 1.75. The molecule has 1 heterocycles. The fourth-order valence-corrected chi connectivity index (χ4v) is 1.06. The van der Waals surface area contributed by atoms with Gasteiger partial charge in [0.15, 0.2) is 0 Å². The minimum absolute atomic E-state index is 0.213. The lowest BCUT2D eigenvalue weighted by Gasteiger charge is -2.28. The van der Waals surface area contributed by atoms with Crippen molar-refractivity contribution in [3.8, 4) is 5.75 Å². The molecule has 0 fully saturated rings. The molecule has 0 radical (unpaired) electrons. The summed E-state index contributed by atoms with van der Waals surface area (Å²) in [6.45, 7) is 8.75. The molecule has 1 unspecified atom stereocenters. The van der Waals surface area contributed by atoms with Crippen LogP contribution in [0, 0.1) is 5.41 Å². The fraction of sp³-hybridized carbons (Fsp3) is 0.583. The van der Waals surface area contributed by atoms with E-state index in [4.69, 9.17) is 4.74 Å². The van der Waals surface area contributed by atoms with Gasteiger partial charge in [-0.2, -0.15) is 0 Å². The smallest absolute Gasteiger partial charge is 0.129 e. The maximum absolute atomic E-state index is 5.14. The predicted molar refractivity (Wildman–Crippen MR) is 63.3 cm³/mol. The molecule has 0 spiro atoms. The lowest BCUT2D eigenvalue weighted by atomic mass is 9.88. The Morgan fingerprint density at radius 3 is 2.60 bits per heavy atom. The summed E-state index contributed by atoms with van der Waals surface area (Å²) in [5, 5.41) is 3.37. The molecule has 1 N–H and O–H groups in total.